The number of para-hydroxylation sites is 1. The molecule has 1 aliphatic heterocycles. The normalized spacial score (nSPS) is 16.4. The molecule has 1 amide bonds. The quantitative estimate of drug-likeness (QED) is 0.588. The lowest BCUT2D eigenvalue weighted by Crippen LogP contribution is -2.30. The molecule has 1 saturated heterocycles. The highest BCUT2D eigenvalue weighted by Gasteiger charge is 2.34. The minimum atomic E-state index is -0.482. The second-order valence-electron chi connectivity index (χ2n) is 5.61. The summed E-state index contributed by atoms with van der Waals surface area (Å²) < 4.78 is 10.9. The van der Waals surface area contributed by atoms with Gasteiger partial charge in [0, 0.05) is 35.6 Å². The molecule has 0 bridgehead atoms. The minimum absolute atomic E-state index is 0.0386. The molecule has 1 heterocycles. The Labute approximate surface area is 155 Å². The van der Waals surface area contributed by atoms with Gasteiger partial charge < -0.3 is 14.4 Å². The zero-order valence-electron chi connectivity index (χ0n) is 14.4. The van der Waals surface area contributed by atoms with Gasteiger partial charge in [0.2, 0.25) is 0 Å². The van der Waals surface area contributed by atoms with E-state index >= 15 is 0 Å². The van der Waals surface area contributed by atoms with Crippen LogP contribution in [-0.4, -0.2) is 42.2 Å². The number of amides is 1. The summed E-state index contributed by atoms with van der Waals surface area (Å²) in [5, 5.41) is 10.6. The summed E-state index contributed by atoms with van der Waals surface area (Å²) in [5.41, 5.74) is 1.25. The SMILES string of the molecule is COc1cccc([C@H]2SCCN2C(=O)c2ccc([N+](=O)[O-])cc2)c1OC. The Morgan fingerprint density at radius 3 is 2.54 bits per heavy atom. The summed E-state index contributed by atoms with van der Waals surface area (Å²) in [6, 6.07) is 11.3. The summed E-state index contributed by atoms with van der Waals surface area (Å²) in [7, 11) is 3.15. The Bertz CT molecular complexity index is 825. The maximum atomic E-state index is 12.9. The molecular formula is C18H18N2O5S. The van der Waals surface area contributed by atoms with E-state index in [-0.39, 0.29) is 17.0 Å². The molecular weight excluding hydrogens is 356 g/mol. The molecule has 3 rings (SSSR count). The van der Waals surface area contributed by atoms with E-state index in [4.69, 9.17) is 9.47 Å². The highest BCUT2D eigenvalue weighted by atomic mass is 32.2. The van der Waals surface area contributed by atoms with Crippen molar-refractivity contribution in [3.8, 4) is 11.5 Å². The van der Waals surface area contributed by atoms with Crippen LogP contribution < -0.4 is 9.47 Å². The van der Waals surface area contributed by atoms with Gasteiger partial charge >= 0.3 is 0 Å². The van der Waals surface area contributed by atoms with Crippen molar-refractivity contribution in [3.05, 3.63) is 63.7 Å². The molecule has 8 heteroatoms. The lowest BCUT2D eigenvalue weighted by molar-refractivity contribution is -0.384. The number of nitro benzene ring substituents is 1. The first-order valence-electron chi connectivity index (χ1n) is 7.94. The van der Waals surface area contributed by atoms with Gasteiger partial charge in [0.15, 0.2) is 11.5 Å². The summed E-state index contributed by atoms with van der Waals surface area (Å²) in [4.78, 5) is 25.0. The van der Waals surface area contributed by atoms with Gasteiger partial charge in [0.25, 0.3) is 11.6 Å². The smallest absolute Gasteiger partial charge is 0.269 e. The fraction of sp³-hybridized carbons (Fsp3) is 0.278. The van der Waals surface area contributed by atoms with Crippen LogP contribution in [0, 0.1) is 10.1 Å². The van der Waals surface area contributed by atoms with E-state index < -0.39 is 4.92 Å². The summed E-state index contributed by atoms with van der Waals surface area (Å²) in [6.07, 6.45) is 0. The molecule has 136 valence electrons. The number of methoxy groups -OCH3 is 2. The lowest BCUT2D eigenvalue weighted by Gasteiger charge is -2.26. The summed E-state index contributed by atoms with van der Waals surface area (Å²) >= 11 is 1.64. The first-order chi connectivity index (χ1) is 12.6. The topological polar surface area (TPSA) is 81.9 Å². The van der Waals surface area contributed by atoms with Gasteiger partial charge in [0.1, 0.15) is 5.37 Å². The maximum absolute atomic E-state index is 12.9. The molecule has 1 aliphatic rings. The Balaban J connectivity index is 1.91. The van der Waals surface area contributed by atoms with E-state index in [9.17, 15) is 14.9 Å². The molecule has 1 fully saturated rings. The van der Waals surface area contributed by atoms with Gasteiger partial charge in [-0.2, -0.15) is 0 Å². The van der Waals surface area contributed by atoms with E-state index in [1.165, 1.54) is 24.3 Å². The van der Waals surface area contributed by atoms with Crippen molar-refractivity contribution in [1.82, 2.24) is 4.90 Å². The van der Waals surface area contributed by atoms with Crippen LogP contribution >= 0.6 is 11.8 Å². The minimum Gasteiger partial charge on any atom is -0.493 e. The Morgan fingerprint density at radius 1 is 1.19 bits per heavy atom. The number of non-ortho nitro benzene ring substituents is 1. The number of rotatable bonds is 5. The van der Waals surface area contributed by atoms with Crippen molar-refractivity contribution in [2.45, 2.75) is 5.37 Å². The Morgan fingerprint density at radius 2 is 1.92 bits per heavy atom. The number of benzene rings is 2. The van der Waals surface area contributed by atoms with E-state index in [1.54, 1.807) is 30.9 Å². The zero-order valence-corrected chi connectivity index (χ0v) is 15.2. The van der Waals surface area contributed by atoms with E-state index in [0.29, 0.717) is 23.6 Å². The molecule has 0 aromatic heterocycles. The van der Waals surface area contributed by atoms with Crippen molar-refractivity contribution < 1.29 is 19.2 Å². The Kier molecular flexibility index (Phi) is 5.32. The van der Waals surface area contributed by atoms with Crippen LogP contribution in [0.1, 0.15) is 21.3 Å². The molecule has 1 atom stereocenters. The van der Waals surface area contributed by atoms with Crippen LogP contribution in [0.5, 0.6) is 11.5 Å². The molecule has 26 heavy (non-hydrogen) atoms. The first-order valence-corrected chi connectivity index (χ1v) is 8.99. The first kappa shape index (κ1) is 18.1. The summed E-state index contributed by atoms with van der Waals surface area (Å²) in [5.74, 6) is 1.85. The van der Waals surface area contributed by atoms with Crippen molar-refractivity contribution in [1.29, 1.82) is 0 Å². The molecule has 7 nitrogen and oxygen atoms in total. The number of carbonyl (C=O) groups excluding carboxylic acids is 1. The van der Waals surface area contributed by atoms with E-state index in [0.717, 1.165) is 11.3 Å². The zero-order chi connectivity index (χ0) is 18.7. The van der Waals surface area contributed by atoms with E-state index in [1.807, 2.05) is 18.2 Å². The third-order valence-electron chi connectivity index (χ3n) is 4.18. The van der Waals surface area contributed by atoms with Gasteiger partial charge in [-0.05, 0) is 18.2 Å². The maximum Gasteiger partial charge on any atom is 0.269 e. The number of hydrogen-bond donors (Lipinski definition) is 0. The van der Waals surface area contributed by atoms with Crippen LogP contribution in [0.3, 0.4) is 0 Å². The third-order valence-corrected chi connectivity index (χ3v) is 5.42. The number of thioether (sulfide) groups is 1. The average molecular weight is 374 g/mol. The van der Waals surface area contributed by atoms with Gasteiger partial charge in [-0.15, -0.1) is 11.8 Å². The monoisotopic (exact) mass is 374 g/mol. The number of carbonyl (C=O) groups is 1. The van der Waals surface area contributed by atoms with Gasteiger partial charge in [-0.25, -0.2) is 0 Å². The van der Waals surface area contributed by atoms with E-state index in [2.05, 4.69) is 0 Å². The van der Waals surface area contributed by atoms with Crippen LogP contribution in [-0.2, 0) is 0 Å². The number of ether oxygens (including phenoxy) is 2. The molecule has 0 unspecified atom stereocenters. The molecule has 0 aliphatic carbocycles. The highest BCUT2D eigenvalue weighted by molar-refractivity contribution is 7.99. The second kappa shape index (κ2) is 7.65. The van der Waals surface area contributed by atoms with Crippen molar-refractivity contribution in [2.24, 2.45) is 0 Å². The second-order valence-corrected chi connectivity index (χ2v) is 6.80. The predicted molar refractivity (Wildman–Crippen MR) is 98.9 cm³/mol. The molecule has 0 spiro atoms. The van der Waals surface area contributed by atoms with Crippen LogP contribution in [0.4, 0.5) is 5.69 Å². The summed E-state index contributed by atoms with van der Waals surface area (Å²) in [6.45, 7) is 0.589. The Hall–Kier alpha value is -2.74. The standard InChI is InChI=1S/C18H18N2O5S/c1-24-15-5-3-4-14(16(15)25-2)18-19(10-11-26-18)17(21)12-6-8-13(9-7-12)20(22)23/h3-9,18H,10-11H2,1-2H3/t18-/m1/s1. The molecule has 0 N–H and O–H groups in total. The average Bonchev–Trinajstić information content (AvgIpc) is 3.16. The molecule has 0 saturated carbocycles. The molecule has 0 radical (unpaired) electrons. The lowest BCUT2D eigenvalue weighted by atomic mass is 10.1. The van der Waals surface area contributed by atoms with Gasteiger partial charge in [0.05, 0.1) is 19.1 Å². The van der Waals surface area contributed by atoms with Crippen molar-refractivity contribution in [2.75, 3.05) is 26.5 Å². The van der Waals surface area contributed by atoms with Gasteiger partial charge in [-0.1, -0.05) is 12.1 Å². The largest absolute Gasteiger partial charge is 0.493 e. The van der Waals surface area contributed by atoms with Gasteiger partial charge in [-0.3, -0.25) is 14.9 Å². The fourth-order valence-electron chi connectivity index (χ4n) is 2.93. The van der Waals surface area contributed by atoms with Crippen LogP contribution in [0.25, 0.3) is 0 Å². The van der Waals surface area contributed by atoms with Crippen LogP contribution in [0.15, 0.2) is 42.5 Å². The van der Waals surface area contributed by atoms with Crippen molar-refractivity contribution >= 4 is 23.4 Å². The van der Waals surface area contributed by atoms with Crippen molar-refractivity contribution in [3.63, 3.8) is 0 Å². The molecule has 2 aromatic carbocycles. The fourth-order valence-corrected chi connectivity index (χ4v) is 4.21. The third kappa shape index (κ3) is 3.32. The predicted octanol–water partition coefficient (Wildman–Crippen LogP) is 3.50. The number of nitro groups is 1. The number of nitrogens with zero attached hydrogens (tertiary/aromatic N) is 2. The molecule has 2 aromatic rings. The highest BCUT2D eigenvalue weighted by Crippen LogP contribution is 2.45. The van der Waals surface area contributed by atoms with Crippen LogP contribution in [0.2, 0.25) is 0 Å². The number of hydrogen-bond acceptors (Lipinski definition) is 6.